The maximum Gasteiger partial charge on any atom is 0.407 e. The van der Waals surface area contributed by atoms with Crippen molar-refractivity contribution in [3.05, 3.63) is 65.7 Å². The summed E-state index contributed by atoms with van der Waals surface area (Å²) in [4.78, 5) is 11.9. The van der Waals surface area contributed by atoms with Crippen LogP contribution in [0.2, 0.25) is 0 Å². The van der Waals surface area contributed by atoms with E-state index in [0.29, 0.717) is 19.3 Å². The zero-order chi connectivity index (χ0) is 17.1. The van der Waals surface area contributed by atoms with Gasteiger partial charge in [-0.1, -0.05) is 48.5 Å². The highest BCUT2D eigenvalue weighted by molar-refractivity contribution is 5.67. The van der Waals surface area contributed by atoms with Crippen molar-refractivity contribution in [1.29, 1.82) is 0 Å². The number of hydrogen-bond donors (Lipinski definition) is 2. The highest BCUT2D eigenvalue weighted by atomic mass is 16.5. The van der Waals surface area contributed by atoms with Crippen LogP contribution in [0.15, 0.2) is 54.6 Å². The fourth-order valence-electron chi connectivity index (χ4n) is 3.39. The van der Waals surface area contributed by atoms with Crippen molar-refractivity contribution in [2.45, 2.75) is 37.6 Å². The number of carbonyl (C=O) groups is 1. The van der Waals surface area contributed by atoms with Crippen LogP contribution < -0.4 is 15.4 Å². The third-order valence-corrected chi connectivity index (χ3v) is 4.81. The quantitative estimate of drug-likeness (QED) is 0.879. The molecule has 1 unspecified atom stereocenters. The molecule has 0 saturated heterocycles. The normalized spacial score (nSPS) is 23.9. The van der Waals surface area contributed by atoms with Gasteiger partial charge in [-0.2, -0.15) is 0 Å². The molecular formula is C20H22N2O3. The summed E-state index contributed by atoms with van der Waals surface area (Å²) >= 11 is 0. The minimum atomic E-state index is -0.346. The molecule has 2 N–H and O–H groups in total. The van der Waals surface area contributed by atoms with Crippen molar-refractivity contribution in [2.24, 2.45) is 0 Å². The second kappa shape index (κ2) is 7.15. The second-order valence-electron chi connectivity index (χ2n) is 6.64. The van der Waals surface area contributed by atoms with Crippen molar-refractivity contribution < 1.29 is 14.3 Å². The van der Waals surface area contributed by atoms with Gasteiger partial charge in [0.25, 0.3) is 0 Å². The van der Waals surface area contributed by atoms with Gasteiger partial charge in [-0.15, -0.1) is 0 Å². The lowest BCUT2D eigenvalue weighted by molar-refractivity contribution is 0.123. The molecule has 0 bridgehead atoms. The molecule has 1 aliphatic heterocycles. The maximum absolute atomic E-state index is 11.9. The van der Waals surface area contributed by atoms with E-state index in [-0.39, 0.29) is 18.2 Å². The molecule has 1 aliphatic carbocycles. The van der Waals surface area contributed by atoms with Gasteiger partial charge in [0.05, 0.1) is 6.04 Å². The Bertz CT molecular complexity index is 729. The summed E-state index contributed by atoms with van der Waals surface area (Å²) in [5.74, 6) is 0.971. The number of alkyl carbamates (subject to hydrolysis) is 1. The lowest BCUT2D eigenvalue weighted by Crippen LogP contribution is -2.53. The third-order valence-electron chi connectivity index (χ3n) is 4.81. The average Bonchev–Trinajstić information content (AvgIpc) is 3.02. The van der Waals surface area contributed by atoms with Crippen LogP contribution in [0.3, 0.4) is 0 Å². The van der Waals surface area contributed by atoms with Crippen molar-refractivity contribution in [3.8, 4) is 5.75 Å². The van der Waals surface area contributed by atoms with Crippen LogP contribution in [-0.2, 0) is 11.3 Å². The molecule has 4 rings (SSSR count). The third kappa shape index (κ3) is 3.77. The van der Waals surface area contributed by atoms with E-state index in [1.807, 2.05) is 48.5 Å². The zero-order valence-electron chi connectivity index (χ0n) is 14.0. The number of amides is 1. The molecule has 1 saturated carbocycles. The van der Waals surface area contributed by atoms with Crippen LogP contribution in [0.4, 0.5) is 4.79 Å². The topological polar surface area (TPSA) is 59.6 Å². The Hall–Kier alpha value is -2.53. The van der Waals surface area contributed by atoms with Gasteiger partial charge in [0.2, 0.25) is 0 Å². The van der Waals surface area contributed by atoms with Gasteiger partial charge in [-0.25, -0.2) is 4.79 Å². The van der Waals surface area contributed by atoms with E-state index >= 15 is 0 Å². The molecule has 0 aromatic heterocycles. The molecule has 1 heterocycles. The standard InChI is InChI=1S/C20H22N2O3/c23-20(25-12-14-6-2-1-3-7-14)22-16-10-15(11-16)21-18-13-24-19-9-5-4-8-17(18)19/h1-9,15-16,18,21H,10-13H2,(H,22,23). The molecule has 1 amide bonds. The highest BCUT2D eigenvalue weighted by Gasteiger charge is 2.34. The maximum atomic E-state index is 11.9. The number of benzene rings is 2. The smallest absolute Gasteiger partial charge is 0.407 e. The van der Waals surface area contributed by atoms with Gasteiger partial charge in [0.1, 0.15) is 19.0 Å². The Balaban J connectivity index is 1.18. The molecule has 0 spiro atoms. The van der Waals surface area contributed by atoms with Crippen molar-refractivity contribution in [1.82, 2.24) is 10.6 Å². The Morgan fingerprint density at radius 2 is 1.80 bits per heavy atom. The monoisotopic (exact) mass is 338 g/mol. The van der Waals surface area contributed by atoms with E-state index in [2.05, 4.69) is 16.7 Å². The molecule has 2 aromatic rings. The number of fused-ring (bicyclic) bond motifs is 1. The van der Waals surface area contributed by atoms with Gasteiger partial charge >= 0.3 is 6.09 Å². The number of carbonyl (C=O) groups excluding carboxylic acids is 1. The van der Waals surface area contributed by atoms with Gasteiger partial charge in [-0.05, 0) is 24.5 Å². The first-order valence-electron chi connectivity index (χ1n) is 8.73. The number of nitrogens with one attached hydrogen (secondary N) is 2. The second-order valence-corrected chi connectivity index (χ2v) is 6.64. The molecule has 1 fully saturated rings. The lowest BCUT2D eigenvalue weighted by atomic mass is 9.86. The molecule has 2 aromatic carbocycles. The van der Waals surface area contributed by atoms with E-state index in [4.69, 9.17) is 9.47 Å². The number of hydrogen-bond acceptors (Lipinski definition) is 4. The predicted octanol–water partition coefficient (Wildman–Crippen LogP) is 3.17. The number of ether oxygens (including phenoxy) is 2. The van der Waals surface area contributed by atoms with Crippen LogP contribution >= 0.6 is 0 Å². The Labute approximate surface area is 147 Å². The van der Waals surface area contributed by atoms with E-state index in [0.717, 1.165) is 24.2 Å². The summed E-state index contributed by atoms with van der Waals surface area (Å²) in [6.45, 7) is 0.977. The summed E-state index contributed by atoms with van der Waals surface area (Å²) in [5, 5.41) is 6.54. The highest BCUT2D eigenvalue weighted by Crippen LogP contribution is 2.33. The Kier molecular flexibility index (Phi) is 4.57. The minimum Gasteiger partial charge on any atom is -0.491 e. The molecule has 0 radical (unpaired) electrons. The zero-order valence-corrected chi connectivity index (χ0v) is 14.0. The molecule has 130 valence electrons. The van der Waals surface area contributed by atoms with E-state index < -0.39 is 0 Å². The lowest BCUT2D eigenvalue weighted by Gasteiger charge is -2.37. The van der Waals surface area contributed by atoms with Crippen molar-refractivity contribution in [3.63, 3.8) is 0 Å². The molecule has 1 atom stereocenters. The fraction of sp³-hybridized carbons (Fsp3) is 0.350. The van der Waals surface area contributed by atoms with Crippen molar-refractivity contribution in [2.75, 3.05) is 6.61 Å². The predicted molar refractivity (Wildman–Crippen MR) is 94.4 cm³/mol. The van der Waals surface area contributed by atoms with E-state index in [1.165, 1.54) is 5.56 Å². The number of rotatable bonds is 5. The van der Waals surface area contributed by atoms with Crippen molar-refractivity contribution >= 4 is 6.09 Å². The Morgan fingerprint density at radius 3 is 2.64 bits per heavy atom. The van der Waals surface area contributed by atoms with Crippen LogP contribution in [-0.4, -0.2) is 24.8 Å². The first-order chi connectivity index (χ1) is 12.3. The van der Waals surface area contributed by atoms with Gasteiger partial charge in [0.15, 0.2) is 0 Å². The Morgan fingerprint density at radius 1 is 1.04 bits per heavy atom. The molecule has 25 heavy (non-hydrogen) atoms. The first kappa shape index (κ1) is 16.0. The van der Waals surface area contributed by atoms with Gasteiger partial charge < -0.3 is 20.1 Å². The first-order valence-corrected chi connectivity index (χ1v) is 8.73. The summed E-state index contributed by atoms with van der Waals surface area (Å²) in [6, 6.07) is 18.7. The summed E-state index contributed by atoms with van der Waals surface area (Å²) in [6.07, 6.45) is 1.49. The largest absolute Gasteiger partial charge is 0.491 e. The van der Waals surface area contributed by atoms with Crippen LogP contribution in [0.1, 0.15) is 30.0 Å². The van der Waals surface area contributed by atoms with E-state index in [1.54, 1.807) is 0 Å². The average molecular weight is 338 g/mol. The molecule has 2 aliphatic rings. The SMILES string of the molecule is O=C(NC1CC(NC2COc3ccccc32)C1)OCc1ccccc1. The van der Waals surface area contributed by atoms with Crippen LogP contribution in [0, 0.1) is 0 Å². The molecule has 5 heteroatoms. The minimum absolute atomic E-state index is 0.179. The van der Waals surface area contributed by atoms with E-state index in [9.17, 15) is 4.79 Å². The summed E-state index contributed by atoms with van der Waals surface area (Å²) in [5.41, 5.74) is 2.21. The summed E-state index contributed by atoms with van der Waals surface area (Å²) < 4.78 is 11.0. The van der Waals surface area contributed by atoms with Gasteiger partial charge in [0, 0.05) is 17.6 Å². The van der Waals surface area contributed by atoms with Crippen LogP contribution in [0.25, 0.3) is 0 Å². The molecule has 5 nitrogen and oxygen atoms in total. The summed E-state index contributed by atoms with van der Waals surface area (Å²) in [7, 11) is 0. The number of para-hydroxylation sites is 1. The van der Waals surface area contributed by atoms with Crippen LogP contribution in [0.5, 0.6) is 5.75 Å². The fourth-order valence-corrected chi connectivity index (χ4v) is 3.39. The van der Waals surface area contributed by atoms with Gasteiger partial charge in [-0.3, -0.25) is 0 Å². The molecular weight excluding hydrogens is 316 g/mol.